The van der Waals surface area contributed by atoms with E-state index in [-0.39, 0.29) is 18.2 Å². The molecule has 0 unspecified atom stereocenters. The zero-order valence-electron chi connectivity index (χ0n) is 15.9. The molecule has 0 aliphatic rings. The Bertz CT molecular complexity index is 962. The fraction of sp³-hybridized carbons (Fsp3) is 0.250. The summed E-state index contributed by atoms with van der Waals surface area (Å²) in [6.07, 6.45) is 1.64. The van der Waals surface area contributed by atoms with Crippen LogP contribution in [0.4, 0.5) is 5.13 Å². The molecule has 0 spiro atoms. The summed E-state index contributed by atoms with van der Waals surface area (Å²) in [7, 11) is 3.37. The van der Waals surface area contributed by atoms with E-state index in [0.717, 1.165) is 11.3 Å². The number of carbonyl (C=O) groups excluding carboxylic acids is 2. The molecule has 0 aliphatic heterocycles. The summed E-state index contributed by atoms with van der Waals surface area (Å²) in [6.45, 7) is 2.22. The van der Waals surface area contributed by atoms with Crippen molar-refractivity contribution in [1.82, 2.24) is 9.88 Å². The Kier molecular flexibility index (Phi) is 6.10. The minimum atomic E-state index is -0.282. The van der Waals surface area contributed by atoms with Crippen molar-refractivity contribution in [3.8, 4) is 5.75 Å². The lowest BCUT2D eigenvalue weighted by atomic mass is 10.2. The second-order valence-electron chi connectivity index (χ2n) is 6.26. The number of nitrogens with one attached hydrogen (secondary N) is 1. The molecule has 0 saturated heterocycles. The van der Waals surface area contributed by atoms with Crippen LogP contribution in [0.1, 0.15) is 27.4 Å². The first-order valence-corrected chi connectivity index (χ1v) is 9.51. The van der Waals surface area contributed by atoms with Crippen LogP contribution in [0.5, 0.6) is 5.75 Å². The zero-order valence-corrected chi connectivity index (χ0v) is 16.7. The Balaban J connectivity index is 1.55. The first kappa shape index (κ1) is 19.6. The number of aromatic nitrogens is 1. The normalized spacial score (nSPS) is 10.5. The predicted octanol–water partition coefficient (Wildman–Crippen LogP) is 3.51. The van der Waals surface area contributed by atoms with Crippen LogP contribution in [-0.4, -0.2) is 35.9 Å². The summed E-state index contributed by atoms with van der Waals surface area (Å²) in [5.41, 5.74) is 2.10. The van der Waals surface area contributed by atoms with Gasteiger partial charge in [0, 0.05) is 19.0 Å². The number of amides is 2. The van der Waals surface area contributed by atoms with Crippen molar-refractivity contribution in [3.05, 3.63) is 64.6 Å². The van der Waals surface area contributed by atoms with Gasteiger partial charge in [-0.1, -0.05) is 12.1 Å². The van der Waals surface area contributed by atoms with E-state index in [4.69, 9.17) is 9.15 Å². The molecular weight excluding hydrogens is 378 g/mol. The second-order valence-corrected chi connectivity index (χ2v) is 7.12. The number of rotatable bonds is 7. The van der Waals surface area contributed by atoms with Gasteiger partial charge in [-0.25, -0.2) is 4.98 Å². The van der Waals surface area contributed by atoms with Crippen molar-refractivity contribution in [2.45, 2.75) is 19.9 Å². The third-order valence-electron chi connectivity index (χ3n) is 4.21. The van der Waals surface area contributed by atoms with Crippen molar-refractivity contribution in [2.75, 3.05) is 19.5 Å². The highest BCUT2D eigenvalue weighted by Gasteiger charge is 2.16. The Morgan fingerprint density at radius 3 is 2.64 bits per heavy atom. The van der Waals surface area contributed by atoms with Gasteiger partial charge in [-0.05, 0) is 30.7 Å². The van der Waals surface area contributed by atoms with Crippen LogP contribution < -0.4 is 10.1 Å². The lowest BCUT2D eigenvalue weighted by Gasteiger charge is -2.17. The first-order valence-electron chi connectivity index (χ1n) is 8.63. The third-order valence-corrected chi connectivity index (χ3v) is 5.02. The molecule has 8 heteroatoms. The molecule has 0 bridgehead atoms. The molecule has 0 aliphatic carbocycles. The van der Waals surface area contributed by atoms with Crippen molar-refractivity contribution in [2.24, 2.45) is 0 Å². The fourth-order valence-corrected chi connectivity index (χ4v) is 3.32. The predicted molar refractivity (Wildman–Crippen MR) is 107 cm³/mol. The number of ether oxygens (including phenoxy) is 1. The topological polar surface area (TPSA) is 84.7 Å². The van der Waals surface area contributed by atoms with Crippen LogP contribution in [0, 0.1) is 6.92 Å². The minimum Gasteiger partial charge on any atom is -0.497 e. The number of methoxy groups -OCH3 is 1. The highest BCUT2D eigenvalue weighted by atomic mass is 32.1. The van der Waals surface area contributed by atoms with Gasteiger partial charge in [0.05, 0.1) is 31.1 Å². The minimum absolute atomic E-state index is 0.0512. The van der Waals surface area contributed by atoms with E-state index in [1.165, 1.54) is 17.6 Å². The van der Waals surface area contributed by atoms with Crippen molar-refractivity contribution < 1.29 is 18.7 Å². The number of furan rings is 1. The highest BCUT2D eigenvalue weighted by Crippen LogP contribution is 2.19. The van der Waals surface area contributed by atoms with Crippen LogP contribution in [0.3, 0.4) is 0 Å². The standard InChI is InChI=1S/C20H21N3O4S/c1-13-17(8-9-27-13)19(25)22-20-21-15(12-28-20)10-18(24)23(2)11-14-4-6-16(26-3)7-5-14/h4-9,12H,10-11H2,1-3H3,(H,21,22,25). The Morgan fingerprint density at radius 1 is 1.25 bits per heavy atom. The van der Waals surface area contributed by atoms with Crippen molar-refractivity contribution >= 4 is 28.3 Å². The van der Waals surface area contributed by atoms with E-state index >= 15 is 0 Å². The fourth-order valence-electron chi connectivity index (χ4n) is 2.61. The summed E-state index contributed by atoms with van der Waals surface area (Å²) < 4.78 is 10.3. The number of carbonyl (C=O) groups is 2. The van der Waals surface area contributed by atoms with Gasteiger partial charge in [0.25, 0.3) is 5.91 Å². The van der Waals surface area contributed by atoms with Gasteiger partial charge in [0.1, 0.15) is 11.5 Å². The maximum absolute atomic E-state index is 12.5. The van der Waals surface area contributed by atoms with Gasteiger partial charge in [-0.15, -0.1) is 11.3 Å². The Hall–Kier alpha value is -3.13. The van der Waals surface area contributed by atoms with Crippen LogP contribution in [0.15, 0.2) is 46.4 Å². The van der Waals surface area contributed by atoms with Gasteiger partial charge in [-0.3, -0.25) is 14.9 Å². The number of thiazole rings is 1. The molecule has 0 fully saturated rings. The van der Waals surface area contributed by atoms with Gasteiger partial charge < -0.3 is 14.1 Å². The van der Waals surface area contributed by atoms with Gasteiger partial charge >= 0.3 is 0 Å². The van der Waals surface area contributed by atoms with E-state index in [1.807, 2.05) is 24.3 Å². The summed E-state index contributed by atoms with van der Waals surface area (Å²) >= 11 is 1.28. The molecule has 2 aromatic heterocycles. The molecule has 0 saturated carbocycles. The van der Waals surface area contributed by atoms with E-state index in [9.17, 15) is 9.59 Å². The maximum Gasteiger partial charge on any atom is 0.260 e. The monoisotopic (exact) mass is 399 g/mol. The Labute approximate surface area is 167 Å². The highest BCUT2D eigenvalue weighted by molar-refractivity contribution is 7.14. The van der Waals surface area contributed by atoms with Crippen molar-refractivity contribution in [3.63, 3.8) is 0 Å². The molecule has 1 aromatic carbocycles. The van der Waals surface area contributed by atoms with E-state index in [2.05, 4.69) is 10.3 Å². The SMILES string of the molecule is COc1ccc(CN(C)C(=O)Cc2csc(NC(=O)c3ccoc3C)n2)cc1. The Morgan fingerprint density at radius 2 is 2.00 bits per heavy atom. The average Bonchev–Trinajstić information content (AvgIpc) is 3.31. The molecular formula is C20H21N3O4S. The van der Waals surface area contributed by atoms with E-state index in [0.29, 0.717) is 28.7 Å². The molecule has 146 valence electrons. The van der Waals surface area contributed by atoms with Gasteiger partial charge in [0.2, 0.25) is 5.91 Å². The lowest BCUT2D eigenvalue weighted by Crippen LogP contribution is -2.27. The number of nitrogens with zero attached hydrogens (tertiary/aromatic N) is 2. The maximum atomic E-state index is 12.5. The number of aryl methyl sites for hydroxylation is 1. The van der Waals surface area contributed by atoms with Crippen LogP contribution in [-0.2, 0) is 17.8 Å². The van der Waals surface area contributed by atoms with Gasteiger partial charge in [-0.2, -0.15) is 0 Å². The number of benzene rings is 1. The molecule has 2 amide bonds. The summed E-state index contributed by atoms with van der Waals surface area (Å²) in [5.74, 6) is 0.991. The smallest absolute Gasteiger partial charge is 0.260 e. The molecule has 0 radical (unpaired) electrons. The molecule has 28 heavy (non-hydrogen) atoms. The summed E-state index contributed by atoms with van der Waals surface area (Å²) in [4.78, 5) is 30.6. The second kappa shape index (κ2) is 8.71. The number of likely N-dealkylation sites (N-methyl/N-ethyl adjacent to an activating group) is 1. The lowest BCUT2D eigenvalue weighted by molar-refractivity contribution is -0.129. The van der Waals surface area contributed by atoms with Crippen molar-refractivity contribution in [1.29, 1.82) is 0 Å². The van der Waals surface area contributed by atoms with Gasteiger partial charge in [0.15, 0.2) is 5.13 Å². The number of hydrogen-bond donors (Lipinski definition) is 1. The van der Waals surface area contributed by atoms with E-state index in [1.54, 1.807) is 37.4 Å². The van der Waals surface area contributed by atoms with Crippen LogP contribution >= 0.6 is 11.3 Å². The molecule has 1 N–H and O–H groups in total. The molecule has 3 aromatic rings. The number of anilines is 1. The first-order chi connectivity index (χ1) is 13.5. The summed E-state index contributed by atoms with van der Waals surface area (Å²) in [5, 5.41) is 4.96. The third kappa shape index (κ3) is 4.77. The van der Waals surface area contributed by atoms with Crippen LogP contribution in [0.25, 0.3) is 0 Å². The quantitative estimate of drug-likeness (QED) is 0.657. The molecule has 0 atom stereocenters. The summed E-state index contributed by atoms with van der Waals surface area (Å²) in [6, 6.07) is 9.19. The zero-order chi connectivity index (χ0) is 20.1. The molecule has 7 nitrogen and oxygen atoms in total. The molecule has 3 rings (SSSR count). The largest absolute Gasteiger partial charge is 0.497 e. The van der Waals surface area contributed by atoms with Crippen LogP contribution in [0.2, 0.25) is 0 Å². The average molecular weight is 399 g/mol. The van der Waals surface area contributed by atoms with E-state index < -0.39 is 0 Å². The molecule has 2 heterocycles. The number of hydrogen-bond acceptors (Lipinski definition) is 6.